The van der Waals surface area contributed by atoms with Gasteiger partial charge < -0.3 is 53.8 Å². The van der Waals surface area contributed by atoms with Gasteiger partial charge in [0, 0.05) is 91.4 Å². The SMILES string of the molecule is COc1cccc(C2=CCN(C=O)CC2)c1.COc1ccccc1C1=CCN(C=O)CC1.O=CCCCc1c[nH]c2ccccc12.O=CCCCc1ccc(Br)cc1.O=CCc1ccc(-c2ccccc2)cc1.O=CN1CCC2(CC1)C(=O)NCN2c1ccccc1. The maximum absolute atomic E-state index is 12.3. The number of H-pyrrole nitrogens is 1. The Morgan fingerprint density at radius 2 is 1.12 bits per heavy atom. The van der Waals surface area contributed by atoms with Crippen LogP contribution in [0.15, 0.2) is 205 Å². The van der Waals surface area contributed by atoms with Gasteiger partial charge in [-0.3, -0.25) is 19.2 Å². The standard InChI is InChI=1S/C14H17N3O2.C14H12O.2C13H15NO2.C12H13NO.C10H11BrO/c18-11-16-8-6-14(7-9-16)13(19)15-10-17(14)12-4-2-1-3-5-12;15-11-10-12-6-8-14(9-7-12)13-4-2-1-3-5-13;1-16-13-4-2-3-12(9-13)11-5-7-14(10-15)8-6-11;1-16-13-5-3-2-4-12(13)11-6-8-14(10-15)9-7-11;14-8-4-3-5-10-9-13-12-7-2-1-6-11(10)12;11-10-6-4-9(5-7-10)3-1-2-8-12/h1-5,11H,6-10H2,(H,15,19);1-9,11H,10H2;2-5,9-10H,6-8H2,1H3;2-6,10H,7-9H2,1H3;1-2,6-9,13H,3-5H2;4-8H,1-3H2. The molecule has 0 unspecified atom stereocenters. The molecule has 0 saturated carbocycles. The number of carbonyl (C=O) groups is 7. The molecular weight excluding hydrogens is 1220 g/mol. The molecule has 478 valence electrons. The Labute approximate surface area is 549 Å². The largest absolute Gasteiger partial charge is 0.497 e. The molecule has 0 atom stereocenters. The summed E-state index contributed by atoms with van der Waals surface area (Å²) >= 11 is 3.37. The second-order valence-electron chi connectivity index (χ2n) is 22.2. The third kappa shape index (κ3) is 21.0. The lowest BCUT2D eigenvalue weighted by molar-refractivity contribution is -0.127. The van der Waals surface area contributed by atoms with Gasteiger partial charge in [-0.05, 0) is 144 Å². The topological polar surface area (TPSA) is 179 Å². The van der Waals surface area contributed by atoms with E-state index in [4.69, 9.17) is 9.47 Å². The van der Waals surface area contributed by atoms with Crippen LogP contribution >= 0.6 is 15.9 Å². The molecule has 92 heavy (non-hydrogen) atoms. The predicted molar refractivity (Wildman–Crippen MR) is 370 cm³/mol. The van der Waals surface area contributed by atoms with E-state index in [1.165, 1.54) is 49.9 Å². The monoisotopic (exact) mass is 1300 g/mol. The van der Waals surface area contributed by atoms with Crippen molar-refractivity contribution < 1.29 is 43.0 Å². The molecule has 4 amide bonds. The van der Waals surface area contributed by atoms with E-state index in [2.05, 4.69) is 91.8 Å². The van der Waals surface area contributed by atoms with Gasteiger partial charge in [-0.2, -0.15) is 0 Å². The number of nitrogens with zero attached hydrogens (tertiary/aromatic N) is 4. The zero-order valence-corrected chi connectivity index (χ0v) is 54.2. The number of fused-ring (bicyclic) bond motifs is 1. The van der Waals surface area contributed by atoms with Gasteiger partial charge in [0.2, 0.25) is 25.1 Å². The molecule has 1 spiro atoms. The molecule has 2 saturated heterocycles. The van der Waals surface area contributed by atoms with Crippen LogP contribution in [-0.4, -0.2) is 129 Å². The Kier molecular flexibility index (Phi) is 28.9. The third-order valence-electron chi connectivity index (χ3n) is 16.4. The minimum atomic E-state index is -0.485. The average Bonchev–Trinajstić information content (AvgIpc) is 1.60. The number of anilines is 1. The van der Waals surface area contributed by atoms with E-state index in [9.17, 15) is 33.6 Å². The summed E-state index contributed by atoms with van der Waals surface area (Å²) < 4.78 is 11.6. The first-order valence-corrected chi connectivity index (χ1v) is 32.0. The number of piperidine rings is 1. The van der Waals surface area contributed by atoms with Crippen LogP contribution in [0.1, 0.15) is 79.2 Å². The summed E-state index contributed by atoms with van der Waals surface area (Å²) in [6, 6.07) is 60.7. The molecule has 2 fully saturated rings. The Hall–Kier alpha value is -9.67. The first-order chi connectivity index (χ1) is 45.1. The van der Waals surface area contributed by atoms with Crippen molar-refractivity contribution in [2.24, 2.45) is 0 Å². The fourth-order valence-electron chi connectivity index (χ4n) is 11.1. The Balaban J connectivity index is 0.000000157. The van der Waals surface area contributed by atoms with E-state index >= 15 is 0 Å². The molecule has 0 aliphatic carbocycles. The fraction of sp³-hybridized carbons (Fsp3) is 0.276. The van der Waals surface area contributed by atoms with E-state index < -0.39 is 5.54 Å². The van der Waals surface area contributed by atoms with Crippen LogP contribution in [0.2, 0.25) is 0 Å². The lowest BCUT2D eigenvalue weighted by Crippen LogP contribution is -2.56. The first-order valence-electron chi connectivity index (χ1n) is 31.2. The summed E-state index contributed by atoms with van der Waals surface area (Å²) in [4.78, 5) is 85.4. The first kappa shape index (κ1) is 69.8. The van der Waals surface area contributed by atoms with Crippen molar-refractivity contribution in [2.75, 3.05) is 65.1 Å². The minimum absolute atomic E-state index is 0.0851. The van der Waals surface area contributed by atoms with Crippen molar-refractivity contribution in [1.82, 2.24) is 25.0 Å². The summed E-state index contributed by atoms with van der Waals surface area (Å²) in [5.41, 5.74) is 12.7. The highest BCUT2D eigenvalue weighted by molar-refractivity contribution is 9.10. The highest BCUT2D eigenvalue weighted by atomic mass is 79.9. The second-order valence-corrected chi connectivity index (χ2v) is 23.1. The number of benzene rings is 7. The number of amides is 4. The molecule has 4 aliphatic heterocycles. The number of hydrogen-bond acceptors (Lipinski definition) is 10. The normalized spacial score (nSPS) is 14.4. The smallest absolute Gasteiger partial charge is 0.247 e. The van der Waals surface area contributed by atoms with E-state index in [1.54, 1.807) is 28.9 Å². The van der Waals surface area contributed by atoms with Gasteiger partial charge in [0.25, 0.3) is 0 Å². The number of rotatable bonds is 19. The second kappa shape index (κ2) is 38.1. The van der Waals surface area contributed by atoms with E-state index in [0.29, 0.717) is 65.0 Å². The number of carbonyl (C=O) groups excluding carboxylic acids is 7. The summed E-state index contributed by atoms with van der Waals surface area (Å²) in [5, 5.41) is 4.22. The van der Waals surface area contributed by atoms with Gasteiger partial charge in [-0.15, -0.1) is 0 Å². The van der Waals surface area contributed by atoms with E-state index in [-0.39, 0.29) is 5.91 Å². The van der Waals surface area contributed by atoms with E-state index in [0.717, 1.165) is 122 Å². The third-order valence-corrected chi connectivity index (χ3v) is 16.9. The lowest BCUT2D eigenvalue weighted by atomic mass is 9.86. The molecule has 16 heteroatoms. The van der Waals surface area contributed by atoms with Crippen LogP contribution in [0.25, 0.3) is 33.2 Å². The molecule has 0 radical (unpaired) electrons. The van der Waals surface area contributed by atoms with Crippen LogP contribution in [0.5, 0.6) is 11.5 Å². The van der Waals surface area contributed by atoms with Crippen molar-refractivity contribution in [3.05, 3.63) is 233 Å². The van der Waals surface area contributed by atoms with Gasteiger partial charge >= 0.3 is 0 Å². The van der Waals surface area contributed by atoms with Crippen LogP contribution in [0.3, 0.4) is 0 Å². The molecule has 1 aromatic heterocycles. The Morgan fingerprint density at radius 1 is 0.543 bits per heavy atom. The number of halogens is 1. The lowest BCUT2D eigenvalue weighted by Gasteiger charge is -2.42. The van der Waals surface area contributed by atoms with E-state index in [1.807, 2.05) is 140 Å². The molecule has 0 bridgehead atoms. The van der Waals surface area contributed by atoms with Gasteiger partial charge in [-0.1, -0.05) is 162 Å². The fourth-order valence-corrected chi connectivity index (χ4v) is 11.4. The summed E-state index contributed by atoms with van der Waals surface area (Å²) in [7, 11) is 3.35. The number of ether oxygens (including phenoxy) is 2. The number of aromatic amines is 1. The van der Waals surface area contributed by atoms with Crippen molar-refractivity contribution in [3.8, 4) is 22.6 Å². The summed E-state index contributed by atoms with van der Waals surface area (Å²) in [6.45, 7) is 4.80. The number of hydrogen-bond donors (Lipinski definition) is 2. The van der Waals surface area contributed by atoms with Gasteiger partial charge in [-0.25, -0.2) is 0 Å². The maximum atomic E-state index is 12.3. The quantitative estimate of drug-likeness (QED) is 0.0585. The Bertz CT molecular complexity index is 3640. The highest BCUT2D eigenvalue weighted by Crippen LogP contribution is 2.36. The van der Waals surface area contributed by atoms with Crippen LogP contribution < -0.4 is 19.7 Å². The highest BCUT2D eigenvalue weighted by Gasteiger charge is 2.50. The molecule has 4 aliphatic rings. The predicted octanol–water partition coefficient (Wildman–Crippen LogP) is 13.2. The molecule has 5 heterocycles. The van der Waals surface area contributed by atoms with Crippen molar-refractivity contribution >= 4 is 87.7 Å². The van der Waals surface area contributed by atoms with Crippen LogP contribution in [0.4, 0.5) is 5.69 Å². The number of likely N-dealkylation sites (tertiary alicyclic amines) is 1. The average molecular weight is 1300 g/mol. The maximum Gasteiger partial charge on any atom is 0.247 e. The van der Waals surface area contributed by atoms with Crippen molar-refractivity contribution in [1.29, 1.82) is 0 Å². The van der Waals surface area contributed by atoms with Crippen molar-refractivity contribution in [3.63, 3.8) is 0 Å². The Morgan fingerprint density at radius 3 is 1.73 bits per heavy atom. The number of para-hydroxylation sites is 3. The minimum Gasteiger partial charge on any atom is -0.497 e. The molecular formula is C76H83BrN6O9. The van der Waals surface area contributed by atoms with Gasteiger partial charge in [0.15, 0.2) is 0 Å². The number of aromatic nitrogens is 1. The number of methoxy groups -OCH3 is 2. The van der Waals surface area contributed by atoms with Crippen LogP contribution in [0, 0.1) is 0 Å². The zero-order chi connectivity index (χ0) is 65.2. The number of aldehydes is 3. The molecule has 15 nitrogen and oxygen atoms in total. The van der Waals surface area contributed by atoms with Crippen molar-refractivity contribution in [2.45, 2.75) is 76.2 Å². The number of unbranched alkanes of at least 4 members (excludes halogenated alkanes) is 2. The number of nitrogens with one attached hydrogen (secondary N) is 2. The van der Waals surface area contributed by atoms with Gasteiger partial charge in [0.1, 0.15) is 35.9 Å². The molecule has 2 N–H and O–H groups in total. The molecule has 7 aromatic carbocycles. The summed E-state index contributed by atoms with van der Waals surface area (Å²) in [6.07, 6.45) is 20.6. The van der Waals surface area contributed by atoms with Gasteiger partial charge in [0.05, 0.1) is 20.9 Å². The summed E-state index contributed by atoms with van der Waals surface area (Å²) in [5.74, 6) is 1.85. The zero-order valence-electron chi connectivity index (χ0n) is 52.6. The molecule has 12 rings (SSSR count). The molecule has 8 aromatic rings. The van der Waals surface area contributed by atoms with Crippen LogP contribution in [-0.2, 0) is 52.8 Å². The number of aryl methyl sites for hydroxylation is 2.